The summed E-state index contributed by atoms with van der Waals surface area (Å²) in [6.45, 7) is 2.06. The molecule has 0 spiro atoms. The number of rotatable bonds is 8. The van der Waals surface area contributed by atoms with E-state index in [1.54, 1.807) is 13.3 Å². The van der Waals surface area contributed by atoms with Gasteiger partial charge in [-0.1, -0.05) is 0 Å². The lowest BCUT2D eigenvalue weighted by Crippen LogP contribution is -2.29. The number of carbonyl (C=O) groups excluding carboxylic acids is 1. The fraction of sp³-hybridized carbons (Fsp3) is 0.500. The number of methoxy groups -OCH3 is 1. The molecule has 18 heavy (non-hydrogen) atoms. The van der Waals surface area contributed by atoms with Gasteiger partial charge >= 0.3 is 0 Å². The van der Waals surface area contributed by atoms with Crippen molar-refractivity contribution in [2.24, 2.45) is 0 Å². The van der Waals surface area contributed by atoms with Gasteiger partial charge in [-0.2, -0.15) is 0 Å². The van der Waals surface area contributed by atoms with E-state index in [0.717, 1.165) is 11.8 Å². The number of pyridine rings is 1. The number of amides is 1. The number of halogens is 1. The maximum atomic E-state index is 12.8. The molecule has 1 amide bonds. The van der Waals surface area contributed by atoms with Crippen molar-refractivity contribution in [3.63, 3.8) is 0 Å². The van der Waals surface area contributed by atoms with Crippen LogP contribution in [0.3, 0.4) is 0 Å². The van der Waals surface area contributed by atoms with E-state index in [1.165, 1.54) is 6.07 Å². The molecular formula is C12H18FN3O2. The van der Waals surface area contributed by atoms with Gasteiger partial charge in [0.15, 0.2) is 0 Å². The van der Waals surface area contributed by atoms with Crippen LogP contribution in [-0.4, -0.2) is 37.7 Å². The highest BCUT2D eigenvalue weighted by Gasteiger charge is 2.00. The molecule has 0 saturated heterocycles. The second-order valence-corrected chi connectivity index (χ2v) is 3.78. The van der Waals surface area contributed by atoms with Crippen molar-refractivity contribution in [1.82, 2.24) is 15.6 Å². The van der Waals surface area contributed by atoms with Gasteiger partial charge in [-0.05, 0) is 11.6 Å². The average Bonchev–Trinajstić information content (AvgIpc) is 2.35. The van der Waals surface area contributed by atoms with E-state index in [0.29, 0.717) is 32.7 Å². The summed E-state index contributed by atoms with van der Waals surface area (Å²) in [6.07, 6.45) is 3.13. The molecule has 0 atom stereocenters. The summed E-state index contributed by atoms with van der Waals surface area (Å²) in [5, 5.41) is 5.77. The van der Waals surface area contributed by atoms with Crippen molar-refractivity contribution in [3.8, 4) is 0 Å². The fourth-order valence-electron chi connectivity index (χ4n) is 1.37. The molecule has 1 rings (SSSR count). The van der Waals surface area contributed by atoms with Gasteiger partial charge in [-0.3, -0.25) is 9.78 Å². The summed E-state index contributed by atoms with van der Waals surface area (Å²) in [4.78, 5) is 15.0. The Morgan fingerprint density at radius 1 is 1.44 bits per heavy atom. The molecule has 5 nitrogen and oxygen atoms in total. The first-order valence-corrected chi connectivity index (χ1v) is 5.78. The van der Waals surface area contributed by atoms with Gasteiger partial charge in [0, 0.05) is 39.4 Å². The van der Waals surface area contributed by atoms with E-state index >= 15 is 0 Å². The third kappa shape index (κ3) is 6.27. The normalized spacial score (nSPS) is 10.3. The second-order valence-electron chi connectivity index (χ2n) is 3.78. The standard InChI is InChI=1S/C12H18FN3O2/c1-18-5-4-16-12(17)2-3-14-7-10-6-11(13)9-15-8-10/h6,8-9,14H,2-5,7H2,1H3,(H,16,17). The number of aromatic nitrogens is 1. The van der Waals surface area contributed by atoms with Crippen molar-refractivity contribution in [2.45, 2.75) is 13.0 Å². The van der Waals surface area contributed by atoms with Crippen LogP contribution in [0.25, 0.3) is 0 Å². The Morgan fingerprint density at radius 2 is 2.28 bits per heavy atom. The molecule has 1 heterocycles. The van der Waals surface area contributed by atoms with Crippen LogP contribution < -0.4 is 10.6 Å². The number of nitrogens with zero attached hydrogens (tertiary/aromatic N) is 1. The maximum Gasteiger partial charge on any atom is 0.221 e. The molecule has 1 aromatic rings. The van der Waals surface area contributed by atoms with E-state index in [9.17, 15) is 9.18 Å². The van der Waals surface area contributed by atoms with Crippen molar-refractivity contribution in [1.29, 1.82) is 0 Å². The Labute approximate surface area is 106 Å². The van der Waals surface area contributed by atoms with Gasteiger partial charge in [-0.25, -0.2) is 4.39 Å². The molecule has 0 radical (unpaired) electrons. The first kappa shape index (κ1) is 14.5. The van der Waals surface area contributed by atoms with E-state index in [4.69, 9.17) is 4.74 Å². The van der Waals surface area contributed by atoms with Crippen molar-refractivity contribution >= 4 is 5.91 Å². The van der Waals surface area contributed by atoms with Gasteiger partial charge < -0.3 is 15.4 Å². The van der Waals surface area contributed by atoms with Crippen LogP contribution in [0.5, 0.6) is 0 Å². The Balaban J connectivity index is 2.09. The van der Waals surface area contributed by atoms with Crippen molar-refractivity contribution < 1.29 is 13.9 Å². The van der Waals surface area contributed by atoms with Crippen LogP contribution in [0.4, 0.5) is 4.39 Å². The highest BCUT2D eigenvalue weighted by atomic mass is 19.1. The molecule has 0 saturated carbocycles. The largest absolute Gasteiger partial charge is 0.383 e. The predicted octanol–water partition coefficient (Wildman–Crippen LogP) is 0.463. The molecule has 6 heteroatoms. The molecule has 0 aromatic carbocycles. The highest BCUT2D eigenvalue weighted by molar-refractivity contribution is 5.75. The second kappa shape index (κ2) is 8.54. The monoisotopic (exact) mass is 255 g/mol. The van der Waals surface area contributed by atoms with Gasteiger partial charge in [-0.15, -0.1) is 0 Å². The highest BCUT2D eigenvalue weighted by Crippen LogP contribution is 1.99. The molecule has 2 N–H and O–H groups in total. The number of hydrogen-bond donors (Lipinski definition) is 2. The first-order chi connectivity index (χ1) is 8.72. The molecule has 1 aromatic heterocycles. The van der Waals surface area contributed by atoms with Gasteiger partial charge in [0.05, 0.1) is 12.8 Å². The Hall–Kier alpha value is -1.53. The molecule has 0 unspecified atom stereocenters. The summed E-state index contributed by atoms with van der Waals surface area (Å²) in [5.74, 6) is -0.386. The third-order valence-electron chi connectivity index (χ3n) is 2.25. The number of ether oxygens (including phenoxy) is 1. The average molecular weight is 255 g/mol. The smallest absolute Gasteiger partial charge is 0.221 e. The van der Waals surface area contributed by atoms with Crippen LogP contribution in [0.15, 0.2) is 18.5 Å². The van der Waals surface area contributed by atoms with Crippen LogP contribution >= 0.6 is 0 Å². The maximum absolute atomic E-state index is 12.8. The van der Waals surface area contributed by atoms with Crippen LogP contribution in [0.1, 0.15) is 12.0 Å². The predicted molar refractivity (Wildman–Crippen MR) is 65.4 cm³/mol. The molecule has 0 aliphatic rings. The zero-order valence-corrected chi connectivity index (χ0v) is 10.4. The molecule has 0 aliphatic heterocycles. The molecule has 0 aliphatic carbocycles. The van der Waals surface area contributed by atoms with Gasteiger partial charge in [0.1, 0.15) is 5.82 Å². The fourth-order valence-corrected chi connectivity index (χ4v) is 1.37. The number of nitrogens with one attached hydrogen (secondary N) is 2. The zero-order chi connectivity index (χ0) is 13.2. The Kier molecular flexibility index (Phi) is 6.90. The lowest BCUT2D eigenvalue weighted by atomic mass is 10.3. The van der Waals surface area contributed by atoms with Crippen LogP contribution in [0, 0.1) is 5.82 Å². The third-order valence-corrected chi connectivity index (χ3v) is 2.25. The Morgan fingerprint density at radius 3 is 3.00 bits per heavy atom. The summed E-state index contributed by atoms with van der Waals surface area (Å²) in [7, 11) is 1.58. The lowest BCUT2D eigenvalue weighted by Gasteiger charge is -2.06. The van der Waals surface area contributed by atoms with E-state index in [-0.39, 0.29) is 11.7 Å². The minimum atomic E-state index is -0.355. The van der Waals surface area contributed by atoms with Gasteiger partial charge in [0.25, 0.3) is 0 Å². The number of hydrogen-bond acceptors (Lipinski definition) is 4. The van der Waals surface area contributed by atoms with Gasteiger partial charge in [0.2, 0.25) is 5.91 Å². The Bertz CT molecular complexity index is 374. The van der Waals surface area contributed by atoms with Crippen LogP contribution in [-0.2, 0) is 16.1 Å². The quantitative estimate of drug-likeness (QED) is 0.663. The summed E-state index contributed by atoms with van der Waals surface area (Å²) in [6, 6.07) is 1.42. The molecule has 100 valence electrons. The first-order valence-electron chi connectivity index (χ1n) is 5.78. The molecular weight excluding hydrogens is 237 g/mol. The minimum absolute atomic E-state index is 0.0306. The minimum Gasteiger partial charge on any atom is -0.383 e. The van der Waals surface area contributed by atoms with E-state index in [1.807, 2.05) is 0 Å². The zero-order valence-electron chi connectivity index (χ0n) is 10.4. The molecule has 0 fully saturated rings. The SMILES string of the molecule is COCCNC(=O)CCNCc1cncc(F)c1. The summed E-state index contributed by atoms with van der Waals surface area (Å²) in [5.41, 5.74) is 0.759. The lowest BCUT2D eigenvalue weighted by molar-refractivity contribution is -0.121. The topological polar surface area (TPSA) is 63.2 Å². The summed E-state index contributed by atoms with van der Waals surface area (Å²) >= 11 is 0. The number of carbonyl (C=O) groups is 1. The van der Waals surface area contributed by atoms with Crippen LogP contribution in [0.2, 0.25) is 0 Å². The summed E-state index contributed by atoms with van der Waals surface area (Å²) < 4.78 is 17.6. The molecule has 0 bridgehead atoms. The van der Waals surface area contributed by atoms with E-state index in [2.05, 4.69) is 15.6 Å². The van der Waals surface area contributed by atoms with Crippen molar-refractivity contribution in [2.75, 3.05) is 26.8 Å². The van der Waals surface area contributed by atoms with Crippen molar-refractivity contribution in [3.05, 3.63) is 29.8 Å². The van der Waals surface area contributed by atoms with E-state index < -0.39 is 0 Å².